The minimum absolute atomic E-state index is 0.219. The summed E-state index contributed by atoms with van der Waals surface area (Å²) < 4.78 is 12.0. The first-order chi connectivity index (χ1) is 9.74. The van der Waals surface area contributed by atoms with Crippen molar-refractivity contribution in [1.82, 2.24) is 5.32 Å². The molecule has 112 valence electrons. The summed E-state index contributed by atoms with van der Waals surface area (Å²) in [6.07, 6.45) is 1.92. The maximum Gasteiger partial charge on any atom is 0.0897 e. The van der Waals surface area contributed by atoms with Crippen LogP contribution in [0, 0.1) is 0 Å². The highest BCUT2D eigenvalue weighted by molar-refractivity contribution is 9.10. The summed E-state index contributed by atoms with van der Waals surface area (Å²) in [5.41, 5.74) is 1.19. The molecule has 2 atom stereocenters. The van der Waals surface area contributed by atoms with E-state index in [4.69, 9.17) is 9.47 Å². The Labute approximate surface area is 128 Å². The summed E-state index contributed by atoms with van der Waals surface area (Å²) in [7, 11) is 0. The number of hydrogen-bond acceptors (Lipinski definition) is 4. The maximum absolute atomic E-state index is 9.82. The molecule has 1 aromatic carbocycles. The molecule has 1 saturated heterocycles. The van der Waals surface area contributed by atoms with Crippen LogP contribution >= 0.6 is 15.9 Å². The van der Waals surface area contributed by atoms with Gasteiger partial charge in [-0.05, 0) is 30.5 Å². The number of aliphatic hydroxyl groups excluding tert-OH is 1. The molecule has 1 fully saturated rings. The van der Waals surface area contributed by atoms with Crippen LogP contribution in [-0.2, 0) is 16.0 Å². The molecule has 2 N–H and O–H groups in total. The fraction of sp³-hybridized carbons (Fsp3) is 0.600. The molecule has 0 radical (unpaired) electrons. The number of aliphatic hydroxyl groups is 1. The van der Waals surface area contributed by atoms with Gasteiger partial charge < -0.3 is 19.9 Å². The topological polar surface area (TPSA) is 50.7 Å². The molecule has 0 amide bonds. The lowest BCUT2D eigenvalue weighted by Gasteiger charge is -2.14. The van der Waals surface area contributed by atoms with E-state index in [2.05, 4.69) is 33.4 Å². The van der Waals surface area contributed by atoms with Crippen molar-refractivity contribution in [2.45, 2.75) is 31.6 Å². The minimum atomic E-state index is -0.483. The zero-order chi connectivity index (χ0) is 14.2. The Kier molecular flexibility index (Phi) is 6.96. The first-order valence-electron chi connectivity index (χ1n) is 7.06. The predicted octanol–water partition coefficient (Wildman–Crippen LogP) is 2.10. The number of ether oxygens (including phenoxy) is 2. The highest BCUT2D eigenvalue weighted by atomic mass is 79.9. The molecule has 1 aromatic rings. The number of halogens is 1. The molecule has 0 aliphatic carbocycles. The fourth-order valence-electron chi connectivity index (χ4n) is 2.20. The van der Waals surface area contributed by atoms with E-state index in [-0.39, 0.29) is 6.10 Å². The second kappa shape index (κ2) is 8.74. The summed E-state index contributed by atoms with van der Waals surface area (Å²) >= 11 is 3.44. The number of hydrogen-bond donors (Lipinski definition) is 2. The van der Waals surface area contributed by atoms with Gasteiger partial charge in [0, 0.05) is 24.2 Å². The van der Waals surface area contributed by atoms with Gasteiger partial charge in [0.2, 0.25) is 0 Å². The van der Waals surface area contributed by atoms with Crippen molar-refractivity contribution in [2.24, 2.45) is 0 Å². The molecule has 0 saturated carbocycles. The molecule has 1 aliphatic heterocycles. The average molecular weight is 344 g/mol. The van der Waals surface area contributed by atoms with E-state index in [1.165, 1.54) is 5.56 Å². The van der Waals surface area contributed by atoms with Gasteiger partial charge in [0.1, 0.15) is 0 Å². The number of benzene rings is 1. The Bertz CT molecular complexity index is 396. The third kappa shape index (κ3) is 5.89. The van der Waals surface area contributed by atoms with Gasteiger partial charge in [-0.1, -0.05) is 28.1 Å². The van der Waals surface area contributed by atoms with E-state index in [1.54, 1.807) is 0 Å². The highest BCUT2D eigenvalue weighted by Crippen LogP contribution is 2.12. The molecular weight excluding hydrogens is 322 g/mol. The Morgan fingerprint density at radius 3 is 3.15 bits per heavy atom. The standard InChI is InChI=1S/C15H22BrNO3/c16-13-4-1-3-12(7-13)8-17-9-14(18)10-19-11-15-5-2-6-20-15/h1,3-4,7,14-15,17-18H,2,5-6,8-11H2. The molecule has 1 heterocycles. The van der Waals surface area contributed by atoms with Crippen LogP contribution in [0.25, 0.3) is 0 Å². The van der Waals surface area contributed by atoms with E-state index < -0.39 is 6.10 Å². The van der Waals surface area contributed by atoms with Crippen molar-refractivity contribution in [3.05, 3.63) is 34.3 Å². The van der Waals surface area contributed by atoms with E-state index in [0.29, 0.717) is 19.8 Å². The lowest BCUT2D eigenvalue weighted by Crippen LogP contribution is -2.31. The normalized spacial score (nSPS) is 20.2. The van der Waals surface area contributed by atoms with Crippen molar-refractivity contribution >= 4 is 15.9 Å². The van der Waals surface area contributed by atoms with Gasteiger partial charge in [0.15, 0.2) is 0 Å². The number of nitrogens with one attached hydrogen (secondary N) is 1. The van der Waals surface area contributed by atoms with Crippen LogP contribution in [0.4, 0.5) is 0 Å². The van der Waals surface area contributed by atoms with Crippen LogP contribution in [0.2, 0.25) is 0 Å². The van der Waals surface area contributed by atoms with Crippen molar-refractivity contribution in [2.75, 3.05) is 26.4 Å². The van der Waals surface area contributed by atoms with Crippen molar-refractivity contribution < 1.29 is 14.6 Å². The molecule has 4 nitrogen and oxygen atoms in total. The predicted molar refractivity (Wildman–Crippen MR) is 81.6 cm³/mol. The quantitative estimate of drug-likeness (QED) is 0.758. The first-order valence-corrected chi connectivity index (χ1v) is 7.86. The van der Waals surface area contributed by atoms with Crippen molar-refractivity contribution in [3.63, 3.8) is 0 Å². The Morgan fingerprint density at radius 2 is 2.40 bits per heavy atom. The second-order valence-electron chi connectivity index (χ2n) is 5.09. The summed E-state index contributed by atoms with van der Waals surface area (Å²) in [6, 6.07) is 8.12. The molecule has 0 spiro atoms. The first kappa shape index (κ1) is 15.9. The minimum Gasteiger partial charge on any atom is -0.389 e. The van der Waals surface area contributed by atoms with Crippen molar-refractivity contribution in [1.29, 1.82) is 0 Å². The van der Waals surface area contributed by atoms with Crippen LogP contribution < -0.4 is 5.32 Å². The summed E-state index contributed by atoms with van der Waals surface area (Å²) in [5, 5.41) is 13.0. The Balaban J connectivity index is 1.54. The van der Waals surface area contributed by atoms with E-state index in [1.807, 2.05) is 12.1 Å². The van der Waals surface area contributed by atoms with Gasteiger partial charge in [0.25, 0.3) is 0 Å². The van der Waals surface area contributed by atoms with Gasteiger partial charge in [-0.3, -0.25) is 0 Å². The molecule has 1 aliphatic rings. The van der Waals surface area contributed by atoms with Gasteiger partial charge in [-0.25, -0.2) is 0 Å². The zero-order valence-corrected chi connectivity index (χ0v) is 13.1. The lowest BCUT2D eigenvalue weighted by atomic mass is 10.2. The summed E-state index contributed by atoms with van der Waals surface area (Å²) in [4.78, 5) is 0. The van der Waals surface area contributed by atoms with E-state index in [0.717, 1.165) is 30.5 Å². The Morgan fingerprint density at radius 1 is 1.50 bits per heavy atom. The zero-order valence-electron chi connectivity index (χ0n) is 11.6. The van der Waals surface area contributed by atoms with Gasteiger partial charge in [0.05, 0.1) is 25.4 Å². The molecule has 2 unspecified atom stereocenters. The Hall–Kier alpha value is -0.460. The van der Waals surface area contributed by atoms with Gasteiger partial charge >= 0.3 is 0 Å². The molecule has 2 rings (SSSR count). The lowest BCUT2D eigenvalue weighted by molar-refractivity contribution is -0.0164. The van der Waals surface area contributed by atoms with Crippen LogP contribution in [0.15, 0.2) is 28.7 Å². The summed E-state index contributed by atoms with van der Waals surface area (Å²) in [6.45, 7) is 3.04. The molecule has 0 aromatic heterocycles. The largest absolute Gasteiger partial charge is 0.389 e. The molecular formula is C15H22BrNO3. The monoisotopic (exact) mass is 343 g/mol. The molecule has 5 heteroatoms. The fourth-order valence-corrected chi connectivity index (χ4v) is 2.65. The van der Waals surface area contributed by atoms with Gasteiger partial charge in [-0.2, -0.15) is 0 Å². The van der Waals surface area contributed by atoms with E-state index >= 15 is 0 Å². The number of rotatable bonds is 8. The third-order valence-corrected chi connectivity index (χ3v) is 3.73. The van der Waals surface area contributed by atoms with Crippen LogP contribution in [0.3, 0.4) is 0 Å². The van der Waals surface area contributed by atoms with Crippen molar-refractivity contribution in [3.8, 4) is 0 Å². The van der Waals surface area contributed by atoms with Crippen LogP contribution in [-0.4, -0.2) is 43.7 Å². The highest BCUT2D eigenvalue weighted by Gasteiger charge is 2.15. The van der Waals surface area contributed by atoms with Crippen LogP contribution in [0.1, 0.15) is 18.4 Å². The molecule has 20 heavy (non-hydrogen) atoms. The maximum atomic E-state index is 9.82. The second-order valence-corrected chi connectivity index (χ2v) is 6.00. The van der Waals surface area contributed by atoms with Gasteiger partial charge in [-0.15, -0.1) is 0 Å². The SMILES string of the molecule is OC(CNCc1cccc(Br)c1)COCC1CCCO1. The van der Waals surface area contributed by atoms with Crippen LogP contribution in [0.5, 0.6) is 0 Å². The summed E-state index contributed by atoms with van der Waals surface area (Å²) in [5.74, 6) is 0. The average Bonchev–Trinajstić information content (AvgIpc) is 2.92. The molecule has 0 bridgehead atoms. The van der Waals surface area contributed by atoms with E-state index in [9.17, 15) is 5.11 Å². The smallest absolute Gasteiger partial charge is 0.0897 e. The third-order valence-electron chi connectivity index (χ3n) is 3.24.